The lowest BCUT2D eigenvalue weighted by molar-refractivity contribution is -0.146. The highest BCUT2D eigenvalue weighted by Crippen LogP contribution is 2.46. The van der Waals surface area contributed by atoms with Gasteiger partial charge in [-0.25, -0.2) is 0 Å². The van der Waals surface area contributed by atoms with Gasteiger partial charge in [-0.3, -0.25) is 9.59 Å². The number of fused-ring (bicyclic) bond motifs is 2. The molecule has 1 fully saturated rings. The van der Waals surface area contributed by atoms with Crippen molar-refractivity contribution in [1.29, 1.82) is 0 Å². The summed E-state index contributed by atoms with van der Waals surface area (Å²) in [6.45, 7) is 0. The first-order valence-electron chi connectivity index (χ1n) is 10.5. The Balaban J connectivity index is 1.77. The van der Waals surface area contributed by atoms with E-state index >= 15 is 0 Å². The van der Waals surface area contributed by atoms with Gasteiger partial charge in [0.2, 0.25) is 0 Å². The van der Waals surface area contributed by atoms with E-state index in [1.807, 2.05) is 12.2 Å². The van der Waals surface area contributed by atoms with Gasteiger partial charge >= 0.3 is 11.9 Å². The monoisotopic (exact) mass is 400 g/mol. The van der Waals surface area contributed by atoms with E-state index in [-0.39, 0.29) is 12.3 Å². The van der Waals surface area contributed by atoms with Crippen LogP contribution < -0.4 is 0 Å². The third kappa shape index (κ3) is 3.60. The fourth-order valence-electron chi connectivity index (χ4n) is 5.51. The Morgan fingerprint density at radius 3 is 2.48 bits per heavy atom. The molecule has 0 aromatic carbocycles. The molecule has 0 aliphatic heterocycles. The molecule has 4 N–H and O–H groups in total. The smallest absolute Gasteiger partial charge is 0.313 e. The van der Waals surface area contributed by atoms with Gasteiger partial charge in [-0.15, -0.1) is 0 Å². The predicted molar refractivity (Wildman–Crippen MR) is 106 cm³/mol. The van der Waals surface area contributed by atoms with Crippen LogP contribution in [0, 0.1) is 17.8 Å². The van der Waals surface area contributed by atoms with Crippen LogP contribution in [0.2, 0.25) is 0 Å². The van der Waals surface area contributed by atoms with Gasteiger partial charge in [-0.2, -0.15) is 0 Å². The van der Waals surface area contributed by atoms with Gasteiger partial charge < -0.3 is 20.4 Å². The number of carbonyl (C=O) groups is 2. The number of allylic oxidation sites excluding steroid dienone is 5. The van der Waals surface area contributed by atoms with E-state index in [9.17, 15) is 30.0 Å². The second kappa shape index (κ2) is 7.92. The third-order valence-electron chi connectivity index (χ3n) is 7.03. The number of hydrogen-bond donors (Lipinski definition) is 4. The molecule has 0 amide bonds. The second-order valence-corrected chi connectivity index (χ2v) is 8.67. The summed E-state index contributed by atoms with van der Waals surface area (Å²) < 4.78 is 0. The van der Waals surface area contributed by atoms with Crippen LogP contribution in [-0.2, 0) is 9.59 Å². The van der Waals surface area contributed by atoms with Crippen LogP contribution in [-0.4, -0.2) is 44.6 Å². The lowest BCUT2D eigenvalue weighted by Gasteiger charge is -2.39. The number of hydrogen-bond acceptors (Lipinski definition) is 4. The molecule has 0 aromatic heterocycles. The molecule has 6 heteroatoms. The lowest BCUT2D eigenvalue weighted by Crippen LogP contribution is -2.39. The van der Waals surface area contributed by atoms with E-state index in [0.29, 0.717) is 17.6 Å². The van der Waals surface area contributed by atoms with Crippen LogP contribution in [0.3, 0.4) is 0 Å². The highest BCUT2D eigenvalue weighted by molar-refractivity contribution is 5.76. The quantitative estimate of drug-likeness (QED) is 0.577. The molecular formula is C23H28O6. The predicted octanol–water partition coefficient (Wildman–Crippen LogP) is 2.98. The normalized spacial score (nSPS) is 34.4. The maximum atomic E-state index is 11.8. The molecule has 5 atom stereocenters. The van der Waals surface area contributed by atoms with Crippen molar-refractivity contribution in [3.63, 3.8) is 0 Å². The van der Waals surface area contributed by atoms with Gasteiger partial charge in [0.15, 0.2) is 0 Å². The molecule has 4 rings (SSSR count). The van der Waals surface area contributed by atoms with Crippen LogP contribution in [0.4, 0.5) is 0 Å². The molecule has 4 aliphatic rings. The minimum absolute atomic E-state index is 0.0856. The summed E-state index contributed by atoms with van der Waals surface area (Å²) in [5.41, 5.74) is 4.27. The summed E-state index contributed by atoms with van der Waals surface area (Å²) in [5, 5.41) is 41.0. The summed E-state index contributed by atoms with van der Waals surface area (Å²) in [4.78, 5) is 23.5. The Hall–Kier alpha value is -2.18. The van der Waals surface area contributed by atoms with E-state index in [2.05, 4.69) is 0 Å². The number of carboxylic acid groups (broad SMARTS) is 2. The minimum Gasteiger partial charge on any atom is -0.481 e. The molecule has 0 aromatic rings. The molecule has 29 heavy (non-hydrogen) atoms. The first kappa shape index (κ1) is 20.1. The van der Waals surface area contributed by atoms with Crippen molar-refractivity contribution in [2.75, 3.05) is 0 Å². The molecule has 5 unspecified atom stereocenters. The van der Waals surface area contributed by atoms with Crippen molar-refractivity contribution in [2.24, 2.45) is 17.8 Å². The van der Waals surface area contributed by atoms with Crippen LogP contribution in [0.1, 0.15) is 51.4 Å². The maximum Gasteiger partial charge on any atom is 0.313 e. The van der Waals surface area contributed by atoms with Gasteiger partial charge in [-0.05, 0) is 85.2 Å². The van der Waals surface area contributed by atoms with Crippen molar-refractivity contribution in [3.05, 3.63) is 46.1 Å². The summed E-state index contributed by atoms with van der Waals surface area (Å²) in [5.74, 6) is -3.85. The van der Waals surface area contributed by atoms with Gasteiger partial charge in [0, 0.05) is 0 Å². The number of aliphatic hydroxyl groups is 2. The first-order chi connectivity index (χ1) is 13.9. The van der Waals surface area contributed by atoms with Crippen molar-refractivity contribution in [1.82, 2.24) is 0 Å². The summed E-state index contributed by atoms with van der Waals surface area (Å²) in [7, 11) is 0. The second-order valence-electron chi connectivity index (χ2n) is 8.67. The molecule has 156 valence electrons. The molecular weight excluding hydrogens is 372 g/mol. The van der Waals surface area contributed by atoms with Crippen LogP contribution in [0.5, 0.6) is 0 Å². The fourth-order valence-corrected chi connectivity index (χ4v) is 5.51. The molecule has 0 bridgehead atoms. The lowest BCUT2D eigenvalue weighted by atomic mass is 9.68. The molecule has 0 radical (unpaired) electrons. The van der Waals surface area contributed by atoms with Gasteiger partial charge in [0.25, 0.3) is 0 Å². The Kier molecular flexibility index (Phi) is 5.49. The zero-order valence-electron chi connectivity index (χ0n) is 16.4. The summed E-state index contributed by atoms with van der Waals surface area (Å²) in [6, 6.07) is 0. The molecule has 0 spiro atoms. The Labute approximate surface area is 169 Å². The van der Waals surface area contributed by atoms with Crippen LogP contribution in [0.15, 0.2) is 46.1 Å². The number of rotatable bonds is 4. The SMILES string of the molecule is O=C(O)C1C=C2CCCCC2=C(CC2=C3C=CCCC3CC(C(=O)O)C2O)C1O. The molecule has 1 saturated carbocycles. The van der Waals surface area contributed by atoms with Crippen molar-refractivity contribution < 1.29 is 30.0 Å². The largest absolute Gasteiger partial charge is 0.481 e. The summed E-state index contributed by atoms with van der Waals surface area (Å²) in [6.07, 6.45) is 9.37. The van der Waals surface area contributed by atoms with Crippen molar-refractivity contribution in [3.8, 4) is 0 Å². The van der Waals surface area contributed by atoms with Crippen molar-refractivity contribution in [2.45, 2.75) is 63.6 Å². The topological polar surface area (TPSA) is 115 Å². The highest BCUT2D eigenvalue weighted by Gasteiger charge is 2.42. The van der Waals surface area contributed by atoms with Gasteiger partial charge in [0.1, 0.15) is 5.92 Å². The molecule has 6 nitrogen and oxygen atoms in total. The minimum atomic E-state index is -1.15. The molecule has 0 saturated heterocycles. The van der Waals surface area contributed by atoms with Gasteiger partial charge in [-0.1, -0.05) is 18.2 Å². The number of aliphatic hydroxyl groups excluding tert-OH is 2. The van der Waals surface area contributed by atoms with Crippen LogP contribution in [0.25, 0.3) is 0 Å². The van der Waals surface area contributed by atoms with E-state index in [0.717, 1.165) is 55.2 Å². The van der Waals surface area contributed by atoms with E-state index in [4.69, 9.17) is 0 Å². The standard InChI is InChI=1S/C23H28O6/c24-20-16(14-7-3-1-5-12(14)9-18(20)22(26)27)11-17-15-8-4-2-6-13(15)10-19(21(17)25)23(28)29/h3,7,10,12,18-21,24-25H,1-2,4-6,8-9,11H2,(H,26,27)(H,28,29). The Morgan fingerprint density at radius 1 is 1.00 bits per heavy atom. The van der Waals surface area contributed by atoms with E-state index < -0.39 is 36.0 Å². The molecule has 4 aliphatic carbocycles. The number of carboxylic acids is 2. The zero-order valence-corrected chi connectivity index (χ0v) is 16.4. The number of aliphatic carboxylic acids is 2. The average Bonchev–Trinajstić information content (AvgIpc) is 2.70. The van der Waals surface area contributed by atoms with Crippen LogP contribution >= 0.6 is 0 Å². The highest BCUT2D eigenvalue weighted by atomic mass is 16.4. The van der Waals surface area contributed by atoms with Crippen molar-refractivity contribution >= 4 is 11.9 Å². The zero-order chi connectivity index (χ0) is 20.7. The molecule has 0 heterocycles. The maximum absolute atomic E-state index is 11.8. The third-order valence-corrected chi connectivity index (χ3v) is 7.03. The Bertz CT molecular complexity index is 845. The first-order valence-corrected chi connectivity index (χ1v) is 10.5. The average molecular weight is 400 g/mol. The van der Waals surface area contributed by atoms with Gasteiger partial charge in [0.05, 0.1) is 18.1 Å². The fraction of sp³-hybridized carbons (Fsp3) is 0.565. The van der Waals surface area contributed by atoms with E-state index in [1.165, 1.54) is 0 Å². The summed E-state index contributed by atoms with van der Waals surface area (Å²) >= 11 is 0. The Morgan fingerprint density at radius 2 is 1.76 bits per heavy atom. The van der Waals surface area contributed by atoms with E-state index in [1.54, 1.807) is 6.08 Å².